The van der Waals surface area contributed by atoms with Crippen molar-refractivity contribution < 1.29 is 33.9 Å². The summed E-state index contributed by atoms with van der Waals surface area (Å²) >= 11 is 0. The first-order valence-corrected chi connectivity index (χ1v) is 15.8. The molecule has 4 heterocycles. The summed E-state index contributed by atoms with van der Waals surface area (Å²) in [6.45, 7) is 5.05. The predicted molar refractivity (Wildman–Crippen MR) is 146 cm³/mol. The molecule has 11 unspecified atom stereocenters. The SMILES string of the molecule is COC1CCC2C3[NH2+]CCC4C5CC(OC(C)C(=O)NCCCN6CCCC6=O)CCC5N(C(=O)C2C1OC)C43. The summed E-state index contributed by atoms with van der Waals surface area (Å²) in [6, 6.07) is 0.994. The van der Waals surface area contributed by atoms with Crippen molar-refractivity contribution in [3.8, 4) is 0 Å². The average Bonchev–Trinajstić information content (AvgIpc) is 3.53. The molecule has 4 saturated heterocycles. The third kappa shape index (κ3) is 4.96. The highest BCUT2D eigenvalue weighted by Crippen LogP contribution is 2.53. The van der Waals surface area contributed by atoms with Crippen LogP contribution >= 0.6 is 0 Å². The van der Waals surface area contributed by atoms with E-state index in [2.05, 4.69) is 15.5 Å². The number of nitrogens with two attached hydrogens (primary N) is 1. The van der Waals surface area contributed by atoms with Crippen LogP contribution in [0.4, 0.5) is 0 Å². The number of likely N-dealkylation sites (tertiary alicyclic amines) is 1. The number of fused-ring (bicyclic) bond motifs is 5. The minimum absolute atomic E-state index is 0.0241. The number of hydrogen-bond donors (Lipinski definition) is 2. The maximum atomic E-state index is 14.2. The molecule has 0 radical (unpaired) electrons. The van der Waals surface area contributed by atoms with Crippen LogP contribution in [-0.4, -0.2) is 110 Å². The molecule has 4 aliphatic heterocycles. The maximum Gasteiger partial charge on any atom is 0.248 e. The molecule has 0 aromatic rings. The molecule has 6 fully saturated rings. The highest BCUT2D eigenvalue weighted by molar-refractivity contribution is 5.83. The topological polar surface area (TPSA) is 114 Å². The Balaban J connectivity index is 1.07. The number of hydrogen-bond acceptors (Lipinski definition) is 6. The van der Waals surface area contributed by atoms with Gasteiger partial charge in [-0.1, -0.05) is 0 Å². The molecule has 10 heteroatoms. The Kier molecular flexibility index (Phi) is 8.41. The Morgan fingerprint density at radius 1 is 1.07 bits per heavy atom. The number of piperidine rings is 2. The van der Waals surface area contributed by atoms with Crippen LogP contribution in [0, 0.1) is 23.7 Å². The quantitative estimate of drug-likeness (QED) is 0.391. The number of carbonyl (C=O) groups is 3. The van der Waals surface area contributed by atoms with E-state index in [1.165, 1.54) is 0 Å². The fourth-order valence-electron chi connectivity index (χ4n) is 9.54. The second-order valence-electron chi connectivity index (χ2n) is 13.1. The summed E-state index contributed by atoms with van der Waals surface area (Å²) in [6.07, 6.45) is 7.51. The lowest BCUT2D eigenvalue weighted by molar-refractivity contribution is -0.713. The number of carbonyl (C=O) groups excluding carboxylic acids is 3. The molecule has 40 heavy (non-hydrogen) atoms. The van der Waals surface area contributed by atoms with Gasteiger partial charge in [0.15, 0.2) is 0 Å². The summed E-state index contributed by atoms with van der Waals surface area (Å²) in [5, 5.41) is 5.53. The third-order valence-corrected chi connectivity index (χ3v) is 11.2. The molecule has 10 nitrogen and oxygen atoms in total. The van der Waals surface area contributed by atoms with Crippen LogP contribution in [0.1, 0.15) is 64.7 Å². The normalized spacial score (nSPS) is 41.4. The average molecular weight is 562 g/mol. The number of methoxy groups -OCH3 is 2. The van der Waals surface area contributed by atoms with Crippen LogP contribution in [0.15, 0.2) is 0 Å². The number of nitrogens with zero attached hydrogens (tertiary/aromatic N) is 2. The van der Waals surface area contributed by atoms with Gasteiger partial charge in [0, 0.05) is 58.7 Å². The molecule has 0 aromatic heterocycles. The molecule has 0 spiro atoms. The van der Waals surface area contributed by atoms with Gasteiger partial charge in [-0.2, -0.15) is 0 Å². The fourth-order valence-corrected chi connectivity index (χ4v) is 9.54. The number of rotatable bonds is 9. The zero-order valence-corrected chi connectivity index (χ0v) is 24.5. The molecule has 0 aromatic carbocycles. The van der Waals surface area contributed by atoms with E-state index < -0.39 is 6.10 Å². The van der Waals surface area contributed by atoms with Crippen molar-refractivity contribution >= 4 is 17.7 Å². The zero-order chi connectivity index (χ0) is 28.0. The van der Waals surface area contributed by atoms with Crippen LogP contribution in [0.25, 0.3) is 0 Å². The van der Waals surface area contributed by atoms with E-state index in [1.807, 2.05) is 11.8 Å². The summed E-state index contributed by atoms with van der Waals surface area (Å²) < 4.78 is 18.1. The van der Waals surface area contributed by atoms with Crippen LogP contribution in [-0.2, 0) is 28.6 Å². The van der Waals surface area contributed by atoms with Crippen molar-refractivity contribution in [1.29, 1.82) is 0 Å². The monoisotopic (exact) mass is 561 g/mol. The van der Waals surface area contributed by atoms with Gasteiger partial charge < -0.3 is 34.6 Å². The maximum absolute atomic E-state index is 14.2. The molecule has 224 valence electrons. The number of amides is 3. The Morgan fingerprint density at radius 3 is 2.67 bits per heavy atom. The summed E-state index contributed by atoms with van der Waals surface area (Å²) in [5.74, 6) is 1.58. The highest BCUT2D eigenvalue weighted by atomic mass is 16.5. The molecular formula is C30H49N4O6+. The lowest BCUT2D eigenvalue weighted by Gasteiger charge is -2.53. The fraction of sp³-hybridized carbons (Fsp3) is 0.900. The van der Waals surface area contributed by atoms with E-state index in [9.17, 15) is 14.4 Å². The van der Waals surface area contributed by atoms with Crippen molar-refractivity contribution in [2.24, 2.45) is 23.7 Å². The van der Waals surface area contributed by atoms with E-state index in [4.69, 9.17) is 14.2 Å². The molecule has 11 atom stereocenters. The second kappa shape index (κ2) is 11.9. The van der Waals surface area contributed by atoms with Gasteiger partial charge in [0.25, 0.3) is 0 Å². The number of nitrogens with one attached hydrogen (secondary N) is 1. The number of ether oxygens (including phenoxy) is 3. The van der Waals surface area contributed by atoms with Crippen LogP contribution in [0.2, 0.25) is 0 Å². The van der Waals surface area contributed by atoms with Gasteiger partial charge in [-0.05, 0) is 63.7 Å². The smallest absolute Gasteiger partial charge is 0.248 e. The Morgan fingerprint density at radius 2 is 1.93 bits per heavy atom. The molecular weight excluding hydrogens is 512 g/mol. The van der Waals surface area contributed by atoms with Gasteiger partial charge >= 0.3 is 0 Å². The third-order valence-electron chi connectivity index (χ3n) is 11.2. The lowest BCUT2D eigenvalue weighted by atomic mass is 9.64. The summed E-state index contributed by atoms with van der Waals surface area (Å²) in [7, 11) is 3.47. The first-order chi connectivity index (χ1) is 19.4. The minimum Gasteiger partial charge on any atom is -0.379 e. The Hall–Kier alpha value is -1.75. The zero-order valence-electron chi connectivity index (χ0n) is 24.5. The Bertz CT molecular complexity index is 964. The van der Waals surface area contributed by atoms with E-state index in [-0.39, 0.29) is 48.0 Å². The Labute approximate surface area is 238 Å². The van der Waals surface area contributed by atoms with Crippen molar-refractivity contribution in [2.45, 2.75) is 107 Å². The van der Waals surface area contributed by atoms with Crippen LogP contribution in [0.5, 0.6) is 0 Å². The van der Waals surface area contributed by atoms with Gasteiger partial charge in [-0.3, -0.25) is 14.4 Å². The van der Waals surface area contributed by atoms with Gasteiger partial charge in [-0.25, -0.2) is 0 Å². The molecule has 3 amide bonds. The van der Waals surface area contributed by atoms with Crippen molar-refractivity contribution in [2.75, 3.05) is 40.4 Å². The van der Waals surface area contributed by atoms with E-state index in [0.717, 1.165) is 64.5 Å². The van der Waals surface area contributed by atoms with Gasteiger partial charge in [0.2, 0.25) is 17.7 Å². The minimum atomic E-state index is -0.510. The van der Waals surface area contributed by atoms with Gasteiger partial charge in [-0.15, -0.1) is 0 Å². The first kappa shape index (κ1) is 28.4. The molecule has 6 aliphatic rings. The largest absolute Gasteiger partial charge is 0.379 e. The van der Waals surface area contributed by atoms with Crippen molar-refractivity contribution in [3.05, 3.63) is 0 Å². The van der Waals surface area contributed by atoms with E-state index in [1.54, 1.807) is 14.2 Å². The highest BCUT2D eigenvalue weighted by Gasteiger charge is 2.66. The van der Waals surface area contributed by atoms with E-state index >= 15 is 0 Å². The first-order valence-electron chi connectivity index (χ1n) is 15.8. The second-order valence-corrected chi connectivity index (χ2v) is 13.1. The van der Waals surface area contributed by atoms with Crippen LogP contribution in [0.3, 0.4) is 0 Å². The molecule has 2 saturated carbocycles. The summed E-state index contributed by atoms with van der Waals surface area (Å²) in [5.41, 5.74) is 0. The molecule has 6 rings (SSSR count). The standard InChI is InChI=1S/C30H48N4O6/c1-17(29(36)32-12-5-15-33-14-4-6-24(33)35)40-18-7-9-22-21(16-18)19-11-13-31-26-20-8-10-23(38-2)28(39-3)25(20)30(37)34(22)27(19)26/h17-23,25-28,31H,4-16H2,1-3H3,(H,32,36)/p+1. The van der Waals surface area contributed by atoms with E-state index in [0.29, 0.717) is 49.3 Å². The summed E-state index contributed by atoms with van der Waals surface area (Å²) in [4.78, 5) is 43.0. The van der Waals surface area contributed by atoms with Crippen LogP contribution < -0.4 is 10.6 Å². The van der Waals surface area contributed by atoms with Gasteiger partial charge in [0.1, 0.15) is 12.1 Å². The van der Waals surface area contributed by atoms with Gasteiger partial charge in [0.05, 0.1) is 36.8 Å². The van der Waals surface area contributed by atoms with Crippen molar-refractivity contribution in [3.63, 3.8) is 0 Å². The molecule has 3 N–H and O–H groups in total. The predicted octanol–water partition coefficient (Wildman–Crippen LogP) is 0.290. The lowest BCUT2D eigenvalue weighted by Crippen LogP contribution is -2.99. The molecule has 2 aliphatic carbocycles. The van der Waals surface area contributed by atoms with Crippen molar-refractivity contribution in [1.82, 2.24) is 15.1 Å². The molecule has 0 bridgehead atoms. The number of quaternary nitrogens is 1.